The Hall–Kier alpha value is -3.10. The summed E-state index contributed by atoms with van der Waals surface area (Å²) in [5, 5.41) is 11.7. The monoisotopic (exact) mass is 345 g/mol. The first-order valence-corrected chi connectivity index (χ1v) is 7.63. The molecule has 3 heterocycles. The number of hydrogen-bond acceptors (Lipinski definition) is 6. The van der Waals surface area contributed by atoms with Gasteiger partial charge in [0, 0.05) is 18.4 Å². The SMILES string of the molecule is FC1(F)Oc2ccc(CCn3nnnc3Cc3ccccn3)cc2O1. The van der Waals surface area contributed by atoms with Gasteiger partial charge in [-0.15, -0.1) is 13.9 Å². The van der Waals surface area contributed by atoms with Crippen LogP contribution in [-0.2, 0) is 19.4 Å². The summed E-state index contributed by atoms with van der Waals surface area (Å²) in [6.45, 7) is 0.505. The molecule has 0 spiro atoms. The molecule has 1 aliphatic heterocycles. The second-order valence-electron chi connectivity index (χ2n) is 5.51. The molecule has 4 rings (SSSR count). The molecule has 1 aliphatic rings. The topological polar surface area (TPSA) is 75.0 Å². The van der Waals surface area contributed by atoms with E-state index in [2.05, 4.69) is 30.0 Å². The molecule has 0 aliphatic carbocycles. The number of hydrogen-bond donors (Lipinski definition) is 0. The van der Waals surface area contributed by atoms with E-state index in [1.807, 2.05) is 18.2 Å². The van der Waals surface area contributed by atoms with E-state index in [4.69, 9.17) is 0 Å². The predicted molar refractivity (Wildman–Crippen MR) is 81.2 cm³/mol. The van der Waals surface area contributed by atoms with Crippen LogP contribution in [0.1, 0.15) is 17.1 Å². The second-order valence-corrected chi connectivity index (χ2v) is 5.51. The summed E-state index contributed by atoms with van der Waals surface area (Å²) in [6, 6.07) is 10.4. The minimum atomic E-state index is -3.60. The quantitative estimate of drug-likeness (QED) is 0.706. The number of ether oxygens (including phenoxy) is 2. The number of halogens is 2. The summed E-state index contributed by atoms with van der Waals surface area (Å²) in [5.74, 6) is 0.755. The van der Waals surface area contributed by atoms with Gasteiger partial charge in [0.05, 0.1) is 6.42 Å². The first kappa shape index (κ1) is 15.4. The molecule has 3 aromatic rings. The Morgan fingerprint density at radius 2 is 1.96 bits per heavy atom. The van der Waals surface area contributed by atoms with Crippen molar-refractivity contribution in [3.8, 4) is 11.5 Å². The van der Waals surface area contributed by atoms with Gasteiger partial charge in [0.25, 0.3) is 0 Å². The molecule has 7 nitrogen and oxygen atoms in total. The zero-order chi connectivity index (χ0) is 17.3. The van der Waals surface area contributed by atoms with Gasteiger partial charge in [-0.25, -0.2) is 4.68 Å². The Kier molecular flexibility index (Phi) is 3.75. The summed E-state index contributed by atoms with van der Waals surface area (Å²) >= 11 is 0. The molecule has 0 N–H and O–H groups in total. The second kappa shape index (κ2) is 6.08. The number of pyridine rings is 1. The maximum Gasteiger partial charge on any atom is 0.586 e. The van der Waals surface area contributed by atoms with Crippen molar-refractivity contribution in [2.24, 2.45) is 0 Å². The number of benzene rings is 1. The van der Waals surface area contributed by atoms with E-state index >= 15 is 0 Å². The Balaban J connectivity index is 1.44. The van der Waals surface area contributed by atoms with E-state index in [1.165, 1.54) is 6.07 Å². The van der Waals surface area contributed by atoms with E-state index in [0.29, 0.717) is 25.2 Å². The molecule has 0 atom stereocenters. The third kappa shape index (κ3) is 3.39. The number of aromatic nitrogens is 5. The van der Waals surface area contributed by atoms with Gasteiger partial charge in [-0.3, -0.25) is 4.98 Å². The maximum atomic E-state index is 13.1. The first-order chi connectivity index (χ1) is 12.1. The van der Waals surface area contributed by atoms with Crippen molar-refractivity contribution in [2.75, 3.05) is 0 Å². The Morgan fingerprint density at radius 3 is 2.80 bits per heavy atom. The molecule has 0 saturated carbocycles. The smallest absolute Gasteiger partial charge is 0.395 e. The molecule has 128 valence electrons. The van der Waals surface area contributed by atoms with E-state index in [-0.39, 0.29) is 11.5 Å². The van der Waals surface area contributed by atoms with E-state index in [1.54, 1.807) is 23.0 Å². The highest BCUT2D eigenvalue weighted by molar-refractivity contribution is 5.45. The van der Waals surface area contributed by atoms with Crippen LogP contribution in [0.5, 0.6) is 11.5 Å². The van der Waals surface area contributed by atoms with Crippen molar-refractivity contribution in [3.05, 3.63) is 59.7 Å². The Morgan fingerprint density at radius 1 is 1.08 bits per heavy atom. The summed E-state index contributed by atoms with van der Waals surface area (Å²) in [7, 11) is 0. The third-order valence-corrected chi connectivity index (χ3v) is 3.75. The van der Waals surface area contributed by atoms with Crippen LogP contribution in [0.2, 0.25) is 0 Å². The van der Waals surface area contributed by atoms with Gasteiger partial charge in [-0.05, 0) is 46.7 Å². The van der Waals surface area contributed by atoms with Gasteiger partial charge < -0.3 is 9.47 Å². The standard InChI is InChI=1S/C16H13F2N5O2/c17-16(18)24-13-5-4-11(9-14(13)25-16)6-8-23-15(20-21-22-23)10-12-3-1-2-7-19-12/h1-5,7,9H,6,8,10H2. The van der Waals surface area contributed by atoms with Gasteiger partial charge in [0.2, 0.25) is 0 Å². The maximum absolute atomic E-state index is 13.1. The first-order valence-electron chi connectivity index (χ1n) is 7.63. The largest absolute Gasteiger partial charge is 0.586 e. The van der Waals surface area contributed by atoms with Gasteiger partial charge in [-0.1, -0.05) is 12.1 Å². The van der Waals surface area contributed by atoms with Crippen LogP contribution < -0.4 is 9.47 Å². The lowest BCUT2D eigenvalue weighted by atomic mass is 10.1. The van der Waals surface area contributed by atoms with Gasteiger partial charge in [0.15, 0.2) is 17.3 Å². The highest BCUT2D eigenvalue weighted by Gasteiger charge is 2.43. The van der Waals surface area contributed by atoms with Crippen molar-refractivity contribution >= 4 is 0 Å². The van der Waals surface area contributed by atoms with Crippen LogP contribution in [0.15, 0.2) is 42.6 Å². The van der Waals surface area contributed by atoms with Gasteiger partial charge in [-0.2, -0.15) is 0 Å². The number of alkyl halides is 2. The van der Waals surface area contributed by atoms with Crippen LogP contribution in [0.25, 0.3) is 0 Å². The van der Waals surface area contributed by atoms with Crippen molar-refractivity contribution in [3.63, 3.8) is 0 Å². The Bertz CT molecular complexity index is 885. The highest BCUT2D eigenvalue weighted by Crippen LogP contribution is 2.41. The average Bonchev–Trinajstić information content (AvgIpc) is 3.15. The molecular weight excluding hydrogens is 332 g/mol. The van der Waals surface area contributed by atoms with E-state index in [0.717, 1.165) is 11.3 Å². The molecular formula is C16H13F2N5O2. The molecule has 2 aromatic heterocycles. The zero-order valence-electron chi connectivity index (χ0n) is 13.0. The fourth-order valence-corrected chi connectivity index (χ4v) is 2.57. The molecule has 0 bridgehead atoms. The highest BCUT2D eigenvalue weighted by atomic mass is 19.3. The number of tetrazole rings is 1. The fourth-order valence-electron chi connectivity index (χ4n) is 2.57. The molecule has 9 heteroatoms. The molecule has 0 radical (unpaired) electrons. The number of nitrogens with zero attached hydrogens (tertiary/aromatic N) is 5. The lowest BCUT2D eigenvalue weighted by Gasteiger charge is -2.06. The molecule has 1 aromatic carbocycles. The summed E-state index contributed by atoms with van der Waals surface area (Å²) in [5.41, 5.74) is 1.68. The number of fused-ring (bicyclic) bond motifs is 1. The minimum absolute atomic E-state index is 0.0343. The van der Waals surface area contributed by atoms with Crippen molar-refractivity contribution < 1.29 is 18.3 Å². The zero-order valence-corrected chi connectivity index (χ0v) is 13.0. The molecule has 0 amide bonds. The Labute approximate surface area is 141 Å². The van der Waals surface area contributed by atoms with Gasteiger partial charge >= 0.3 is 6.29 Å². The lowest BCUT2D eigenvalue weighted by Crippen LogP contribution is -2.25. The van der Waals surface area contributed by atoms with Crippen molar-refractivity contribution in [2.45, 2.75) is 25.7 Å². The summed E-state index contributed by atoms with van der Waals surface area (Å²) in [6.07, 6.45) is -0.817. The summed E-state index contributed by atoms with van der Waals surface area (Å²) < 4.78 is 36.6. The third-order valence-electron chi connectivity index (χ3n) is 3.75. The normalized spacial score (nSPS) is 14.6. The van der Waals surface area contributed by atoms with Crippen molar-refractivity contribution in [1.82, 2.24) is 25.2 Å². The molecule has 0 saturated heterocycles. The number of rotatable bonds is 5. The van der Waals surface area contributed by atoms with Crippen LogP contribution in [0.4, 0.5) is 8.78 Å². The van der Waals surface area contributed by atoms with Crippen LogP contribution >= 0.6 is 0 Å². The van der Waals surface area contributed by atoms with Crippen molar-refractivity contribution in [1.29, 1.82) is 0 Å². The molecule has 0 fully saturated rings. The lowest BCUT2D eigenvalue weighted by molar-refractivity contribution is -0.286. The van der Waals surface area contributed by atoms with E-state index in [9.17, 15) is 8.78 Å². The minimum Gasteiger partial charge on any atom is -0.395 e. The predicted octanol–water partition coefficient (Wildman–Crippen LogP) is 2.22. The average molecular weight is 345 g/mol. The van der Waals surface area contributed by atoms with Crippen LogP contribution in [-0.4, -0.2) is 31.5 Å². The molecule has 25 heavy (non-hydrogen) atoms. The number of aryl methyl sites for hydroxylation is 2. The van der Waals surface area contributed by atoms with E-state index < -0.39 is 6.29 Å². The molecule has 0 unspecified atom stereocenters. The van der Waals surface area contributed by atoms with Crippen LogP contribution in [0.3, 0.4) is 0 Å². The fraction of sp³-hybridized carbons (Fsp3) is 0.250. The summed E-state index contributed by atoms with van der Waals surface area (Å²) in [4.78, 5) is 4.26. The van der Waals surface area contributed by atoms with Gasteiger partial charge in [0.1, 0.15) is 0 Å². The van der Waals surface area contributed by atoms with Crippen LogP contribution in [0, 0.1) is 0 Å².